The van der Waals surface area contributed by atoms with Gasteiger partial charge in [0.2, 0.25) is 5.95 Å². The van der Waals surface area contributed by atoms with E-state index < -0.39 is 0 Å². The minimum Gasteiger partial charge on any atom is -0.354 e. The van der Waals surface area contributed by atoms with Crippen LogP contribution in [-0.2, 0) is 7.05 Å². The minimum absolute atomic E-state index is 0.223. The predicted octanol–water partition coefficient (Wildman–Crippen LogP) is 5.28. The quantitative estimate of drug-likeness (QED) is 0.251. The van der Waals surface area contributed by atoms with Crippen molar-refractivity contribution in [2.24, 2.45) is 7.05 Å². The van der Waals surface area contributed by atoms with Gasteiger partial charge in [-0.15, -0.1) is 0 Å². The number of piperidine rings is 1. The van der Waals surface area contributed by atoms with Crippen molar-refractivity contribution in [1.29, 1.82) is 0 Å². The molecule has 0 spiro atoms. The van der Waals surface area contributed by atoms with Crippen LogP contribution in [0, 0.1) is 0 Å². The molecule has 42 heavy (non-hydrogen) atoms. The highest BCUT2D eigenvalue weighted by Gasteiger charge is 2.17. The molecule has 212 valence electrons. The number of fused-ring (bicyclic) bond motifs is 1. The monoisotopic (exact) mass is 579 g/mol. The van der Waals surface area contributed by atoms with Crippen molar-refractivity contribution in [3.63, 3.8) is 0 Å². The molecule has 3 aromatic heterocycles. The predicted molar refractivity (Wildman–Crippen MR) is 166 cm³/mol. The number of amides is 1. The van der Waals surface area contributed by atoms with E-state index in [-0.39, 0.29) is 11.5 Å². The standard InChI is InChI=1S/C32H30ClN7O2/c1-34-30(41)28-17-22(11-14-36-28)21-5-8-25(27(33)16-21)26-15-23-18-37-32(39-29(23)40(2)31(26)42)38-24-6-3-19(4-7-24)20-9-12-35-13-10-20/h3-8,11,14-18,20,35H,9-10,12-13H2,1-2H3,(H,34,41)(H,37,38,39). The molecule has 1 fully saturated rings. The van der Waals surface area contributed by atoms with E-state index in [1.54, 1.807) is 50.8 Å². The Morgan fingerprint density at radius 1 is 0.976 bits per heavy atom. The summed E-state index contributed by atoms with van der Waals surface area (Å²) in [6.07, 6.45) is 5.58. The topological polar surface area (TPSA) is 114 Å². The molecule has 5 aromatic rings. The number of benzene rings is 2. The van der Waals surface area contributed by atoms with Crippen LogP contribution in [0.1, 0.15) is 34.8 Å². The van der Waals surface area contributed by atoms with Gasteiger partial charge in [0.1, 0.15) is 11.3 Å². The van der Waals surface area contributed by atoms with Gasteiger partial charge in [0, 0.05) is 53.7 Å². The van der Waals surface area contributed by atoms with Crippen molar-refractivity contribution in [3.05, 3.63) is 99.7 Å². The van der Waals surface area contributed by atoms with Crippen LogP contribution in [-0.4, -0.2) is 45.6 Å². The molecule has 4 heterocycles. The first-order valence-corrected chi connectivity index (χ1v) is 14.2. The van der Waals surface area contributed by atoms with Gasteiger partial charge in [-0.05, 0) is 84.9 Å². The Kier molecular flexibility index (Phi) is 7.69. The van der Waals surface area contributed by atoms with Crippen LogP contribution in [0.25, 0.3) is 33.3 Å². The van der Waals surface area contributed by atoms with Gasteiger partial charge < -0.3 is 16.0 Å². The normalized spacial score (nSPS) is 13.7. The molecule has 9 nitrogen and oxygen atoms in total. The molecular formula is C32H30ClN7O2. The van der Waals surface area contributed by atoms with Crippen molar-refractivity contribution in [3.8, 4) is 22.3 Å². The van der Waals surface area contributed by atoms with Crippen molar-refractivity contribution >= 4 is 40.2 Å². The smallest absolute Gasteiger partial charge is 0.269 e. The van der Waals surface area contributed by atoms with Gasteiger partial charge >= 0.3 is 0 Å². The summed E-state index contributed by atoms with van der Waals surface area (Å²) in [6.45, 7) is 2.11. The first kappa shape index (κ1) is 27.6. The number of aromatic nitrogens is 4. The van der Waals surface area contributed by atoms with Crippen molar-refractivity contribution in [2.45, 2.75) is 18.8 Å². The molecule has 3 N–H and O–H groups in total. The third-order valence-electron chi connectivity index (χ3n) is 7.74. The number of rotatable bonds is 6. The fraction of sp³-hybridized carbons (Fsp3) is 0.219. The molecule has 6 rings (SSSR count). The van der Waals surface area contributed by atoms with Crippen LogP contribution in [0.4, 0.5) is 11.6 Å². The van der Waals surface area contributed by atoms with E-state index in [1.165, 1.54) is 10.1 Å². The van der Waals surface area contributed by atoms with E-state index in [9.17, 15) is 9.59 Å². The van der Waals surface area contributed by atoms with E-state index in [0.717, 1.165) is 42.7 Å². The highest BCUT2D eigenvalue weighted by atomic mass is 35.5. The summed E-state index contributed by atoms with van der Waals surface area (Å²) in [4.78, 5) is 38.7. The number of aryl methyl sites for hydroxylation is 1. The number of halogens is 1. The first-order valence-electron chi connectivity index (χ1n) is 13.8. The maximum atomic E-state index is 13.5. The third-order valence-corrected chi connectivity index (χ3v) is 8.05. The van der Waals surface area contributed by atoms with Gasteiger partial charge in [0.15, 0.2) is 0 Å². The van der Waals surface area contributed by atoms with Gasteiger partial charge in [-0.1, -0.05) is 35.9 Å². The van der Waals surface area contributed by atoms with Gasteiger partial charge in [-0.25, -0.2) is 4.98 Å². The summed E-state index contributed by atoms with van der Waals surface area (Å²) in [5, 5.41) is 10.4. The molecule has 0 atom stereocenters. The first-order chi connectivity index (χ1) is 20.4. The minimum atomic E-state index is -0.273. The van der Waals surface area contributed by atoms with E-state index in [2.05, 4.69) is 43.0 Å². The molecule has 0 bridgehead atoms. The maximum absolute atomic E-state index is 13.5. The lowest BCUT2D eigenvalue weighted by atomic mass is 9.90. The highest BCUT2D eigenvalue weighted by molar-refractivity contribution is 6.33. The summed E-state index contributed by atoms with van der Waals surface area (Å²) < 4.78 is 1.51. The van der Waals surface area contributed by atoms with E-state index in [1.807, 2.05) is 24.3 Å². The molecule has 0 radical (unpaired) electrons. The lowest BCUT2D eigenvalue weighted by Crippen LogP contribution is -2.26. The average Bonchev–Trinajstić information content (AvgIpc) is 3.03. The van der Waals surface area contributed by atoms with Crippen LogP contribution in [0.15, 0.2) is 77.9 Å². The Hall–Kier alpha value is -4.60. The highest BCUT2D eigenvalue weighted by Crippen LogP contribution is 2.32. The second kappa shape index (κ2) is 11.7. The molecule has 1 aliphatic rings. The van der Waals surface area contributed by atoms with Gasteiger partial charge in [0.05, 0.1) is 0 Å². The zero-order chi connectivity index (χ0) is 29.2. The summed E-state index contributed by atoms with van der Waals surface area (Å²) in [5.74, 6) is 0.726. The number of hydrogen-bond donors (Lipinski definition) is 3. The number of carbonyl (C=O) groups is 1. The molecule has 10 heteroatoms. The molecule has 1 aliphatic heterocycles. The second-order valence-corrected chi connectivity index (χ2v) is 10.8. The van der Waals surface area contributed by atoms with Crippen LogP contribution in [0.5, 0.6) is 0 Å². The Balaban J connectivity index is 1.27. The lowest BCUT2D eigenvalue weighted by Gasteiger charge is -2.23. The Labute approximate surface area is 248 Å². The summed E-state index contributed by atoms with van der Waals surface area (Å²) in [7, 11) is 3.25. The van der Waals surface area contributed by atoms with E-state index in [4.69, 9.17) is 11.6 Å². The number of nitrogens with one attached hydrogen (secondary N) is 3. The molecule has 0 unspecified atom stereocenters. The SMILES string of the molecule is CNC(=O)c1cc(-c2ccc(-c3cc4cnc(Nc5ccc(C6CCNCC6)cc5)nc4n(C)c3=O)c(Cl)c2)ccn1. The average molecular weight is 580 g/mol. The Morgan fingerprint density at radius 3 is 2.48 bits per heavy atom. The number of pyridine rings is 2. The largest absolute Gasteiger partial charge is 0.354 e. The fourth-order valence-corrected chi connectivity index (χ4v) is 5.68. The van der Waals surface area contributed by atoms with Crippen molar-refractivity contribution < 1.29 is 4.79 Å². The van der Waals surface area contributed by atoms with Gasteiger partial charge in [0.25, 0.3) is 11.5 Å². The molecule has 1 amide bonds. The summed E-state index contributed by atoms with van der Waals surface area (Å²) in [5.41, 5.74) is 5.46. The van der Waals surface area contributed by atoms with Crippen LogP contribution in [0.2, 0.25) is 5.02 Å². The molecule has 1 saturated heterocycles. The molecular weight excluding hydrogens is 550 g/mol. The molecule has 0 aliphatic carbocycles. The van der Waals surface area contributed by atoms with Crippen LogP contribution < -0.4 is 21.5 Å². The van der Waals surface area contributed by atoms with Gasteiger partial charge in [-0.2, -0.15) is 4.98 Å². The van der Waals surface area contributed by atoms with Crippen LogP contribution in [0.3, 0.4) is 0 Å². The third kappa shape index (κ3) is 5.48. The zero-order valence-electron chi connectivity index (χ0n) is 23.3. The zero-order valence-corrected chi connectivity index (χ0v) is 24.1. The molecule has 2 aromatic carbocycles. The number of anilines is 2. The van der Waals surface area contributed by atoms with E-state index in [0.29, 0.717) is 44.7 Å². The fourth-order valence-electron chi connectivity index (χ4n) is 5.40. The number of carbonyl (C=O) groups excluding carboxylic acids is 1. The van der Waals surface area contributed by atoms with Crippen LogP contribution >= 0.6 is 11.6 Å². The molecule has 0 saturated carbocycles. The number of hydrogen-bond acceptors (Lipinski definition) is 7. The van der Waals surface area contributed by atoms with E-state index >= 15 is 0 Å². The Morgan fingerprint density at radius 2 is 1.74 bits per heavy atom. The second-order valence-electron chi connectivity index (χ2n) is 10.4. The summed E-state index contributed by atoms with van der Waals surface area (Å²) >= 11 is 6.71. The maximum Gasteiger partial charge on any atom is 0.269 e. The Bertz CT molecular complexity index is 1850. The summed E-state index contributed by atoms with van der Waals surface area (Å²) in [6, 6.07) is 19.1. The van der Waals surface area contributed by atoms with Crippen molar-refractivity contribution in [1.82, 2.24) is 30.2 Å². The number of nitrogens with zero attached hydrogens (tertiary/aromatic N) is 4. The van der Waals surface area contributed by atoms with Gasteiger partial charge in [-0.3, -0.25) is 19.1 Å². The van der Waals surface area contributed by atoms with Crippen molar-refractivity contribution in [2.75, 3.05) is 25.5 Å². The lowest BCUT2D eigenvalue weighted by molar-refractivity contribution is 0.0958.